The summed E-state index contributed by atoms with van der Waals surface area (Å²) in [6.45, 7) is 0.802. The van der Waals surface area contributed by atoms with Crippen molar-refractivity contribution in [3.63, 3.8) is 0 Å². The molecule has 0 spiro atoms. The molecule has 0 aliphatic carbocycles. The SMILES string of the molecule is Cn1cc(CCCNc2nc3ccccc3cc2CO)cn1. The fourth-order valence-electron chi connectivity index (χ4n) is 2.53. The summed E-state index contributed by atoms with van der Waals surface area (Å²) in [5.41, 5.74) is 3.01. The van der Waals surface area contributed by atoms with Gasteiger partial charge in [-0.15, -0.1) is 0 Å². The number of nitrogens with zero attached hydrogens (tertiary/aromatic N) is 3. The molecule has 5 heteroatoms. The topological polar surface area (TPSA) is 63.0 Å². The molecule has 0 bridgehead atoms. The average molecular weight is 296 g/mol. The molecule has 22 heavy (non-hydrogen) atoms. The third-order valence-electron chi connectivity index (χ3n) is 3.67. The lowest BCUT2D eigenvalue weighted by Gasteiger charge is -2.11. The van der Waals surface area contributed by atoms with Gasteiger partial charge >= 0.3 is 0 Å². The Morgan fingerprint density at radius 3 is 2.91 bits per heavy atom. The molecular formula is C17H20N4O. The predicted octanol–water partition coefficient (Wildman–Crippen LogP) is 2.51. The van der Waals surface area contributed by atoms with Gasteiger partial charge in [0, 0.05) is 30.7 Å². The van der Waals surface area contributed by atoms with Crippen LogP contribution in [0.5, 0.6) is 0 Å². The van der Waals surface area contributed by atoms with E-state index in [0.29, 0.717) is 0 Å². The molecule has 0 radical (unpaired) electrons. The highest BCUT2D eigenvalue weighted by atomic mass is 16.3. The normalized spacial score (nSPS) is 11.0. The van der Waals surface area contributed by atoms with Gasteiger partial charge in [-0.1, -0.05) is 18.2 Å². The number of aliphatic hydroxyl groups is 1. The molecule has 0 aliphatic rings. The fraction of sp³-hybridized carbons (Fsp3) is 0.294. The number of pyridine rings is 1. The molecule has 0 unspecified atom stereocenters. The van der Waals surface area contributed by atoms with Crippen molar-refractivity contribution >= 4 is 16.7 Å². The van der Waals surface area contributed by atoms with E-state index in [9.17, 15) is 5.11 Å². The number of aliphatic hydroxyl groups excluding tert-OH is 1. The first-order valence-corrected chi connectivity index (χ1v) is 7.47. The van der Waals surface area contributed by atoms with Gasteiger partial charge < -0.3 is 10.4 Å². The van der Waals surface area contributed by atoms with Crippen LogP contribution >= 0.6 is 0 Å². The first-order valence-electron chi connectivity index (χ1n) is 7.47. The van der Waals surface area contributed by atoms with Crippen LogP contribution < -0.4 is 5.32 Å². The van der Waals surface area contributed by atoms with E-state index in [2.05, 4.69) is 15.4 Å². The molecule has 0 saturated carbocycles. The summed E-state index contributed by atoms with van der Waals surface area (Å²) in [5, 5.41) is 18.1. The Balaban J connectivity index is 1.65. The highest BCUT2D eigenvalue weighted by molar-refractivity contribution is 5.81. The van der Waals surface area contributed by atoms with Crippen molar-refractivity contribution in [3.05, 3.63) is 53.9 Å². The molecule has 0 atom stereocenters. The lowest BCUT2D eigenvalue weighted by atomic mass is 10.1. The zero-order valence-electron chi connectivity index (χ0n) is 12.7. The number of aromatic nitrogens is 3. The van der Waals surface area contributed by atoms with Gasteiger partial charge in [0.15, 0.2) is 0 Å². The van der Waals surface area contributed by atoms with Crippen molar-refractivity contribution in [2.24, 2.45) is 7.05 Å². The molecular weight excluding hydrogens is 276 g/mol. The van der Waals surface area contributed by atoms with Crippen LogP contribution in [-0.2, 0) is 20.1 Å². The minimum absolute atomic E-state index is 0.0111. The van der Waals surface area contributed by atoms with Crippen LogP contribution in [-0.4, -0.2) is 26.4 Å². The van der Waals surface area contributed by atoms with Crippen LogP contribution in [0, 0.1) is 0 Å². The maximum atomic E-state index is 9.52. The summed E-state index contributed by atoms with van der Waals surface area (Å²) in [5.74, 6) is 0.771. The first-order chi connectivity index (χ1) is 10.8. The van der Waals surface area contributed by atoms with E-state index >= 15 is 0 Å². The van der Waals surface area contributed by atoms with E-state index in [-0.39, 0.29) is 6.61 Å². The number of rotatable bonds is 6. The van der Waals surface area contributed by atoms with Crippen LogP contribution in [0.2, 0.25) is 0 Å². The van der Waals surface area contributed by atoms with Crippen molar-refractivity contribution in [1.29, 1.82) is 0 Å². The second-order valence-electron chi connectivity index (χ2n) is 5.40. The second-order valence-corrected chi connectivity index (χ2v) is 5.40. The van der Waals surface area contributed by atoms with Gasteiger partial charge in [0.2, 0.25) is 0 Å². The van der Waals surface area contributed by atoms with E-state index in [0.717, 1.165) is 41.7 Å². The number of benzene rings is 1. The molecule has 5 nitrogen and oxygen atoms in total. The van der Waals surface area contributed by atoms with Crippen molar-refractivity contribution in [2.45, 2.75) is 19.4 Å². The molecule has 0 saturated heterocycles. The van der Waals surface area contributed by atoms with Crippen LogP contribution in [0.3, 0.4) is 0 Å². The first kappa shape index (κ1) is 14.5. The van der Waals surface area contributed by atoms with Crippen LogP contribution in [0.15, 0.2) is 42.7 Å². The van der Waals surface area contributed by atoms with E-state index in [1.807, 2.05) is 54.5 Å². The Morgan fingerprint density at radius 2 is 2.14 bits per heavy atom. The maximum absolute atomic E-state index is 9.52. The summed E-state index contributed by atoms with van der Waals surface area (Å²) in [7, 11) is 1.92. The average Bonchev–Trinajstić information content (AvgIpc) is 2.96. The molecule has 3 aromatic rings. The maximum Gasteiger partial charge on any atom is 0.132 e. The van der Waals surface area contributed by atoms with Crippen LogP contribution in [0.25, 0.3) is 10.9 Å². The zero-order chi connectivity index (χ0) is 15.4. The summed E-state index contributed by atoms with van der Waals surface area (Å²) in [6, 6.07) is 9.93. The van der Waals surface area contributed by atoms with Gasteiger partial charge in [0.25, 0.3) is 0 Å². The van der Waals surface area contributed by atoms with Gasteiger partial charge in [-0.2, -0.15) is 5.10 Å². The lowest BCUT2D eigenvalue weighted by molar-refractivity contribution is 0.282. The van der Waals surface area contributed by atoms with Crippen molar-refractivity contribution in [1.82, 2.24) is 14.8 Å². The third-order valence-corrected chi connectivity index (χ3v) is 3.67. The van der Waals surface area contributed by atoms with Crippen molar-refractivity contribution in [3.8, 4) is 0 Å². The van der Waals surface area contributed by atoms with Crippen LogP contribution in [0.1, 0.15) is 17.5 Å². The van der Waals surface area contributed by atoms with Crippen molar-refractivity contribution < 1.29 is 5.11 Å². The highest BCUT2D eigenvalue weighted by Crippen LogP contribution is 2.20. The van der Waals surface area contributed by atoms with Gasteiger partial charge in [-0.3, -0.25) is 4.68 Å². The molecule has 2 heterocycles. The molecule has 1 aromatic carbocycles. The molecule has 0 fully saturated rings. The Bertz CT molecular complexity index is 766. The quantitative estimate of drug-likeness (QED) is 0.686. The smallest absolute Gasteiger partial charge is 0.132 e. The molecule has 0 amide bonds. The van der Waals surface area contributed by atoms with Gasteiger partial charge in [0.1, 0.15) is 5.82 Å². The van der Waals surface area contributed by atoms with Crippen molar-refractivity contribution in [2.75, 3.05) is 11.9 Å². The minimum Gasteiger partial charge on any atom is -0.392 e. The summed E-state index contributed by atoms with van der Waals surface area (Å²) < 4.78 is 1.82. The summed E-state index contributed by atoms with van der Waals surface area (Å²) >= 11 is 0. The fourth-order valence-corrected chi connectivity index (χ4v) is 2.53. The van der Waals surface area contributed by atoms with Crippen LogP contribution in [0.4, 0.5) is 5.82 Å². The number of hydrogen-bond acceptors (Lipinski definition) is 4. The number of anilines is 1. The number of hydrogen-bond donors (Lipinski definition) is 2. The minimum atomic E-state index is -0.0111. The Kier molecular flexibility index (Phi) is 4.34. The Hall–Kier alpha value is -2.40. The van der Waals surface area contributed by atoms with E-state index in [4.69, 9.17) is 0 Å². The largest absolute Gasteiger partial charge is 0.392 e. The Morgan fingerprint density at radius 1 is 1.27 bits per heavy atom. The van der Waals surface area contributed by atoms with Gasteiger partial charge in [-0.05, 0) is 30.5 Å². The van der Waals surface area contributed by atoms with Gasteiger partial charge in [0.05, 0.1) is 18.3 Å². The molecule has 0 aliphatic heterocycles. The summed E-state index contributed by atoms with van der Waals surface area (Å²) in [6.07, 6.45) is 5.90. The molecule has 114 valence electrons. The van der Waals surface area contributed by atoms with E-state index in [1.165, 1.54) is 5.56 Å². The molecule has 3 rings (SSSR count). The Labute approximate surface area is 129 Å². The molecule has 2 aromatic heterocycles. The number of nitrogens with one attached hydrogen (secondary N) is 1. The van der Waals surface area contributed by atoms with Gasteiger partial charge in [-0.25, -0.2) is 4.98 Å². The zero-order valence-corrected chi connectivity index (χ0v) is 12.7. The predicted molar refractivity (Wildman–Crippen MR) is 87.7 cm³/mol. The summed E-state index contributed by atoms with van der Waals surface area (Å²) in [4.78, 5) is 4.61. The lowest BCUT2D eigenvalue weighted by Crippen LogP contribution is -2.07. The number of fused-ring (bicyclic) bond motifs is 1. The number of para-hydroxylation sites is 1. The second kappa shape index (κ2) is 6.58. The van der Waals surface area contributed by atoms with E-state index in [1.54, 1.807) is 0 Å². The number of aryl methyl sites for hydroxylation is 2. The standard InChI is InChI=1S/C17H20N4O/c1-21-11-13(10-19-21)5-4-8-18-17-15(12-22)9-14-6-2-3-7-16(14)20-17/h2-3,6-7,9-11,22H,4-5,8,12H2,1H3,(H,18,20). The van der Waals surface area contributed by atoms with E-state index < -0.39 is 0 Å². The monoisotopic (exact) mass is 296 g/mol. The third kappa shape index (κ3) is 3.26. The molecule has 2 N–H and O–H groups in total. The highest BCUT2D eigenvalue weighted by Gasteiger charge is 2.05.